The molecule has 6 nitrogen and oxygen atoms in total. The highest BCUT2D eigenvalue weighted by Crippen LogP contribution is 2.29. The van der Waals surface area contributed by atoms with Gasteiger partial charge in [-0.3, -0.25) is 9.59 Å². The molecule has 1 aromatic rings. The van der Waals surface area contributed by atoms with E-state index < -0.39 is 5.54 Å². The summed E-state index contributed by atoms with van der Waals surface area (Å²) in [5, 5.41) is 15.3. The number of nitrogens with one attached hydrogen (secondary N) is 3. The molecule has 1 aromatic carbocycles. The van der Waals surface area contributed by atoms with Crippen molar-refractivity contribution in [3.63, 3.8) is 0 Å². The Labute approximate surface area is 158 Å². The summed E-state index contributed by atoms with van der Waals surface area (Å²) in [5.74, 6) is -0.640. The fraction of sp³-hybridized carbons (Fsp3) is 0.471. The van der Waals surface area contributed by atoms with E-state index in [1.807, 2.05) is 13.8 Å². The van der Waals surface area contributed by atoms with Crippen molar-refractivity contribution in [3.8, 4) is 6.07 Å². The lowest BCUT2D eigenvalue weighted by Crippen LogP contribution is -3.11. The lowest BCUT2D eigenvalue weighted by Gasteiger charge is -2.27. The van der Waals surface area contributed by atoms with Crippen LogP contribution in [-0.4, -0.2) is 37.5 Å². The van der Waals surface area contributed by atoms with E-state index in [1.165, 1.54) is 0 Å². The molecule has 0 spiro atoms. The highest BCUT2D eigenvalue weighted by molar-refractivity contribution is 6.39. The molecular formula is C17H23Cl2N4O2+. The molecule has 3 N–H and O–H groups in total. The largest absolute Gasteiger partial charge is 0.333 e. The number of halogens is 2. The van der Waals surface area contributed by atoms with Gasteiger partial charge < -0.3 is 15.5 Å². The number of benzene rings is 1. The van der Waals surface area contributed by atoms with Crippen molar-refractivity contribution in [1.82, 2.24) is 5.32 Å². The standard InChI is InChI=1S/C17H22Cl2N4O2/c1-11(2)17(3,10-20)22-15(25)9-23(4)8-14(24)21-16-12(18)6-5-7-13(16)19/h5-7,11H,8-9H2,1-4H3,(H,21,24)(H,22,25)/p+1/t17-/m0/s1. The molecule has 1 unspecified atom stereocenters. The molecule has 1 rings (SSSR count). The first-order valence-corrected chi connectivity index (χ1v) is 8.62. The van der Waals surface area contributed by atoms with Crippen LogP contribution in [0.5, 0.6) is 0 Å². The predicted octanol–water partition coefficient (Wildman–Crippen LogP) is 1.50. The molecule has 0 fully saturated rings. The number of hydrogen-bond acceptors (Lipinski definition) is 3. The number of rotatable bonds is 7. The molecule has 2 atom stereocenters. The second-order valence-electron chi connectivity index (χ2n) is 6.47. The topological polar surface area (TPSA) is 86.4 Å². The van der Waals surface area contributed by atoms with Crippen molar-refractivity contribution in [2.24, 2.45) is 5.92 Å². The summed E-state index contributed by atoms with van der Waals surface area (Å²) in [6.45, 7) is 5.52. The van der Waals surface area contributed by atoms with Gasteiger partial charge in [0.25, 0.3) is 11.8 Å². The number of likely N-dealkylation sites (N-methyl/N-ethyl adjacent to an activating group) is 1. The van der Waals surface area contributed by atoms with Gasteiger partial charge in [0.15, 0.2) is 13.1 Å². The Balaban J connectivity index is 2.59. The SMILES string of the molecule is CC(C)[C@](C)(C#N)NC(=O)C[NH+](C)CC(=O)Nc1c(Cl)cccc1Cl. The number of amides is 2. The third-order valence-electron chi connectivity index (χ3n) is 3.94. The average Bonchev–Trinajstić information content (AvgIpc) is 2.50. The Kier molecular flexibility index (Phi) is 7.68. The van der Waals surface area contributed by atoms with Gasteiger partial charge in [-0.2, -0.15) is 5.26 Å². The minimum Gasteiger partial charge on any atom is -0.333 e. The van der Waals surface area contributed by atoms with E-state index in [9.17, 15) is 14.9 Å². The van der Waals surface area contributed by atoms with E-state index in [-0.39, 0.29) is 30.8 Å². The van der Waals surface area contributed by atoms with Crippen molar-refractivity contribution < 1.29 is 14.5 Å². The van der Waals surface area contributed by atoms with Gasteiger partial charge in [-0.05, 0) is 25.0 Å². The fourth-order valence-electron chi connectivity index (χ4n) is 2.05. The number of para-hydroxylation sites is 1. The zero-order valence-corrected chi connectivity index (χ0v) is 16.3. The highest BCUT2D eigenvalue weighted by Gasteiger charge is 2.31. The maximum Gasteiger partial charge on any atom is 0.279 e. The van der Waals surface area contributed by atoms with Gasteiger partial charge in [0.2, 0.25) is 0 Å². The van der Waals surface area contributed by atoms with Gasteiger partial charge in [0.05, 0.1) is 28.8 Å². The zero-order valence-electron chi connectivity index (χ0n) is 14.7. The molecule has 0 aromatic heterocycles. The number of nitrogens with zero attached hydrogens (tertiary/aromatic N) is 1. The lowest BCUT2D eigenvalue weighted by atomic mass is 9.90. The molecule has 0 aliphatic carbocycles. The second kappa shape index (κ2) is 9.04. The van der Waals surface area contributed by atoms with Gasteiger partial charge >= 0.3 is 0 Å². The van der Waals surface area contributed by atoms with Gasteiger partial charge in [0, 0.05) is 0 Å². The van der Waals surface area contributed by atoms with E-state index in [0.717, 1.165) is 0 Å². The molecule has 0 aliphatic heterocycles. The number of carbonyl (C=O) groups is 2. The summed E-state index contributed by atoms with van der Waals surface area (Å²) in [6, 6.07) is 7.05. The maximum absolute atomic E-state index is 12.1. The first-order chi connectivity index (χ1) is 11.6. The van der Waals surface area contributed by atoms with E-state index in [4.69, 9.17) is 23.2 Å². The third kappa shape index (κ3) is 6.20. The minimum atomic E-state index is -0.940. The van der Waals surface area contributed by atoms with Gasteiger partial charge in [-0.1, -0.05) is 43.1 Å². The van der Waals surface area contributed by atoms with E-state index in [2.05, 4.69) is 16.7 Å². The average molecular weight is 386 g/mol. The smallest absolute Gasteiger partial charge is 0.279 e. The van der Waals surface area contributed by atoms with Crippen molar-refractivity contribution in [2.75, 3.05) is 25.5 Å². The Morgan fingerprint density at radius 3 is 2.24 bits per heavy atom. The number of quaternary nitrogens is 1. The molecule has 136 valence electrons. The Morgan fingerprint density at radius 1 is 1.24 bits per heavy atom. The van der Waals surface area contributed by atoms with Crippen molar-refractivity contribution >= 4 is 40.7 Å². The summed E-state index contributed by atoms with van der Waals surface area (Å²) in [5.41, 5.74) is -0.588. The third-order valence-corrected chi connectivity index (χ3v) is 4.57. The number of carbonyl (C=O) groups excluding carboxylic acids is 2. The normalized spacial score (nSPS) is 14.3. The van der Waals surface area contributed by atoms with Crippen LogP contribution in [0.25, 0.3) is 0 Å². The monoisotopic (exact) mass is 385 g/mol. The highest BCUT2D eigenvalue weighted by atomic mass is 35.5. The van der Waals surface area contributed by atoms with Crippen LogP contribution in [0, 0.1) is 17.2 Å². The molecule has 0 saturated carbocycles. The number of hydrogen-bond donors (Lipinski definition) is 3. The lowest BCUT2D eigenvalue weighted by molar-refractivity contribution is -0.862. The second-order valence-corrected chi connectivity index (χ2v) is 7.29. The van der Waals surface area contributed by atoms with Crippen molar-refractivity contribution in [2.45, 2.75) is 26.3 Å². The van der Waals surface area contributed by atoms with Crippen LogP contribution in [0.15, 0.2) is 18.2 Å². The van der Waals surface area contributed by atoms with Crippen LogP contribution in [0.4, 0.5) is 5.69 Å². The minimum absolute atomic E-state index is 0.0348. The van der Waals surface area contributed by atoms with E-state index in [1.54, 1.807) is 32.2 Å². The van der Waals surface area contributed by atoms with E-state index in [0.29, 0.717) is 20.6 Å². The van der Waals surface area contributed by atoms with E-state index >= 15 is 0 Å². The molecule has 0 saturated heterocycles. The summed E-state index contributed by atoms with van der Waals surface area (Å²) >= 11 is 12.0. The first kappa shape index (κ1) is 21.2. The summed E-state index contributed by atoms with van der Waals surface area (Å²) < 4.78 is 0. The van der Waals surface area contributed by atoms with Gasteiger partial charge in [-0.15, -0.1) is 0 Å². The Hall–Kier alpha value is -1.81. The molecule has 0 aliphatic rings. The van der Waals surface area contributed by atoms with Crippen LogP contribution in [-0.2, 0) is 9.59 Å². The molecule has 2 amide bonds. The van der Waals surface area contributed by atoms with Gasteiger partial charge in [-0.25, -0.2) is 0 Å². The molecule has 0 bridgehead atoms. The zero-order chi connectivity index (χ0) is 19.2. The van der Waals surface area contributed by atoms with Crippen LogP contribution in [0.2, 0.25) is 10.0 Å². The Bertz CT molecular complexity index is 667. The van der Waals surface area contributed by atoms with Crippen LogP contribution in [0.3, 0.4) is 0 Å². The van der Waals surface area contributed by atoms with Crippen molar-refractivity contribution in [1.29, 1.82) is 5.26 Å². The predicted molar refractivity (Wildman–Crippen MR) is 98.7 cm³/mol. The molecule has 8 heteroatoms. The molecule has 0 heterocycles. The Morgan fingerprint density at radius 2 is 1.76 bits per heavy atom. The summed E-state index contributed by atoms with van der Waals surface area (Å²) in [6.07, 6.45) is 0. The van der Waals surface area contributed by atoms with Crippen LogP contribution < -0.4 is 15.5 Å². The van der Waals surface area contributed by atoms with Crippen molar-refractivity contribution in [3.05, 3.63) is 28.2 Å². The number of nitriles is 1. The molecule has 0 radical (unpaired) electrons. The summed E-state index contributed by atoms with van der Waals surface area (Å²) in [7, 11) is 1.71. The van der Waals surface area contributed by atoms with Crippen LogP contribution in [0.1, 0.15) is 20.8 Å². The molecule has 25 heavy (non-hydrogen) atoms. The summed E-state index contributed by atoms with van der Waals surface area (Å²) in [4.78, 5) is 24.9. The maximum atomic E-state index is 12.1. The molecular weight excluding hydrogens is 363 g/mol. The van der Waals surface area contributed by atoms with Gasteiger partial charge in [0.1, 0.15) is 5.54 Å². The fourth-order valence-corrected chi connectivity index (χ4v) is 2.54. The first-order valence-electron chi connectivity index (χ1n) is 7.86. The quantitative estimate of drug-likeness (QED) is 0.664. The number of anilines is 1. The van der Waals surface area contributed by atoms with Crippen LogP contribution >= 0.6 is 23.2 Å².